The molecule has 0 aliphatic heterocycles. The van der Waals surface area contributed by atoms with Crippen molar-refractivity contribution in [3.05, 3.63) is 42.0 Å². The first kappa shape index (κ1) is 15.5. The molecule has 1 N–H and O–H groups in total. The van der Waals surface area contributed by atoms with Crippen LogP contribution in [0, 0.1) is 0 Å². The number of halogens is 3. The first-order chi connectivity index (χ1) is 9.94. The number of para-hydroxylation sites is 1. The summed E-state index contributed by atoms with van der Waals surface area (Å²) in [5.41, 5.74) is -0.737. The molecule has 0 fully saturated rings. The fourth-order valence-corrected chi connectivity index (χ4v) is 2.62. The van der Waals surface area contributed by atoms with Gasteiger partial charge in [0.15, 0.2) is 0 Å². The Morgan fingerprint density at radius 3 is 2.52 bits per heavy atom. The van der Waals surface area contributed by atoms with Crippen LogP contribution in [0.4, 0.5) is 19.0 Å². The van der Waals surface area contributed by atoms with E-state index in [1.54, 1.807) is 24.3 Å². The standard InChI is InChI=1S/C14H13F3N2OS/c1-18-12-7-9(14(15,16)17)8-13(19-12)21-11-6-4-3-5-10(11)20-2/h3-8H,1-2H3,(H,18,19). The monoisotopic (exact) mass is 314 g/mol. The van der Waals surface area contributed by atoms with Crippen LogP contribution in [-0.2, 0) is 6.18 Å². The summed E-state index contributed by atoms with van der Waals surface area (Å²) in [6, 6.07) is 9.10. The number of methoxy groups -OCH3 is 1. The van der Waals surface area contributed by atoms with Gasteiger partial charge in [-0.15, -0.1) is 0 Å². The Morgan fingerprint density at radius 1 is 1.19 bits per heavy atom. The van der Waals surface area contributed by atoms with Gasteiger partial charge in [-0.1, -0.05) is 23.9 Å². The molecule has 3 nitrogen and oxygen atoms in total. The van der Waals surface area contributed by atoms with Gasteiger partial charge in [0.05, 0.1) is 17.6 Å². The van der Waals surface area contributed by atoms with Crippen LogP contribution < -0.4 is 10.1 Å². The largest absolute Gasteiger partial charge is 0.496 e. The number of hydrogen-bond donors (Lipinski definition) is 1. The lowest BCUT2D eigenvalue weighted by molar-refractivity contribution is -0.137. The first-order valence-electron chi connectivity index (χ1n) is 6.02. The maximum absolute atomic E-state index is 12.9. The van der Waals surface area contributed by atoms with Crippen molar-refractivity contribution in [2.45, 2.75) is 16.1 Å². The molecule has 0 aliphatic carbocycles. The van der Waals surface area contributed by atoms with Gasteiger partial charge in [-0.05, 0) is 24.3 Å². The van der Waals surface area contributed by atoms with E-state index in [0.717, 1.165) is 23.9 Å². The zero-order valence-electron chi connectivity index (χ0n) is 11.4. The van der Waals surface area contributed by atoms with Crippen molar-refractivity contribution >= 4 is 17.6 Å². The lowest BCUT2D eigenvalue weighted by atomic mass is 10.2. The molecular weight excluding hydrogens is 301 g/mol. The third-order valence-corrected chi connectivity index (χ3v) is 3.64. The second kappa shape index (κ2) is 6.26. The van der Waals surface area contributed by atoms with E-state index >= 15 is 0 Å². The average Bonchev–Trinajstić information content (AvgIpc) is 2.46. The molecule has 0 atom stereocenters. The highest BCUT2D eigenvalue weighted by Crippen LogP contribution is 2.37. The van der Waals surface area contributed by atoms with E-state index in [4.69, 9.17) is 4.74 Å². The first-order valence-corrected chi connectivity index (χ1v) is 6.83. The highest BCUT2D eigenvalue weighted by Gasteiger charge is 2.31. The number of aromatic nitrogens is 1. The number of nitrogens with one attached hydrogen (secondary N) is 1. The normalized spacial score (nSPS) is 11.3. The second-order valence-corrected chi connectivity index (χ2v) is 5.14. The smallest absolute Gasteiger partial charge is 0.416 e. The lowest BCUT2D eigenvalue weighted by Gasteiger charge is -2.12. The van der Waals surface area contributed by atoms with Crippen LogP contribution in [0.15, 0.2) is 46.3 Å². The van der Waals surface area contributed by atoms with Gasteiger partial charge in [-0.3, -0.25) is 0 Å². The lowest BCUT2D eigenvalue weighted by Crippen LogP contribution is -2.07. The molecular formula is C14H13F3N2OS. The van der Waals surface area contributed by atoms with Gasteiger partial charge >= 0.3 is 6.18 Å². The fraction of sp³-hybridized carbons (Fsp3) is 0.214. The minimum atomic E-state index is -4.41. The van der Waals surface area contributed by atoms with Gasteiger partial charge < -0.3 is 10.1 Å². The molecule has 0 radical (unpaired) electrons. The van der Waals surface area contributed by atoms with Gasteiger partial charge in [0, 0.05) is 7.05 Å². The Hall–Kier alpha value is -1.89. The molecule has 1 aromatic heterocycles. The highest BCUT2D eigenvalue weighted by atomic mass is 32.2. The molecule has 0 aliphatic rings. The van der Waals surface area contributed by atoms with E-state index in [0.29, 0.717) is 10.6 Å². The van der Waals surface area contributed by atoms with Crippen LogP contribution in [0.1, 0.15) is 5.56 Å². The van der Waals surface area contributed by atoms with Crippen LogP contribution >= 0.6 is 11.8 Å². The van der Waals surface area contributed by atoms with Crippen molar-refractivity contribution in [2.75, 3.05) is 19.5 Å². The number of ether oxygens (including phenoxy) is 1. The summed E-state index contributed by atoms with van der Waals surface area (Å²) in [5.74, 6) is 0.759. The number of benzene rings is 1. The molecule has 21 heavy (non-hydrogen) atoms. The number of rotatable bonds is 4. The van der Waals surface area contributed by atoms with Crippen LogP contribution in [-0.4, -0.2) is 19.1 Å². The molecule has 2 aromatic rings. The Kier molecular flexibility index (Phi) is 4.62. The minimum absolute atomic E-state index is 0.169. The molecule has 0 bridgehead atoms. The summed E-state index contributed by atoms with van der Waals surface area (Å²) in [6.07, 6.45) is -4.41. The zero-order valence-corrected chi connectivity index (χ0v) is 12.2. The summed E-state index contributed by atoms with van der Waals surface area (Å²) in [5, 5.41) is 2.89. The predicted molar refractivity (Wildman–Crippen MR) is 75.9 cm³/mol. The van der Waals surface area contributed by atoms with Crippen molar-refractivity contribution in [3.63, 3.8) is 0 Å². The van der Waals surface area contributed by atoms with E-state index in [1.807, 2.05) is 0 Å². The molecule has 2 rings (SSSR count). The molecule has 7 heteroatoms. The van der Waals surface area contributed by atoms with Crippen molar-refractivity contribution in [2.24, 2.45) is 0 Å². The van der Waals surface area contributed by atoms with Crippen LogP contribution in [0.3, 0.4) is 0 Å². The summed E-state index contributed by atoms with van der Waals surface area (Å²) in [4.78, 5) is 4.84. The number of pyridine rings is 1. The topological polar surface area (TPSA) is 34.1 Å². The Bertz CT molecular complexity index is 632. The van der Waals surface area contributed by atoms with Gasteiger partial charge in [-0.25, -0.2) is 4.98 Å². The van der Waals surface area contributed by atoms with E-state index in [-0.39, 0.29) is 10.8 Å². The van der Waals surface area contributed by atoms with E-state index in [2.05, 4.69) is 10.3 Å². The summed E-state index contributed by atoms with van der Waals surface area (Å²) in [7, 11) is 3.04. The molecule has 0 saturated heterocycles. The molecule has 1 heterocycles. The van der Waals surface area contributed by atoms with Crippen molar-refractivity contribution in [3.8, 4) is 5.75 Å². The second-order valence-electron chi connectivity index (χ2n) is 4.08. The zero-order chi connectivity index (χ0) is 15.5. The van der Waals surface area contributed by atoms with Crippen LogP contribution in [0.5, 0.6) is 5.75 Å². The van der Waals surface area contributed by atoms with Gasteiger partial charge in [-0.2, -0.15) is 13.2 Å². The van der Waals surface area contributed by atoms with Gasteiger partial charge in [0.1, 0.15) is 16.6 Å². The molecule has 1 aromatic carbocycles. The number of anilines is 1. The van der Waals surface area contributed by atoms with Crippen molar-refractivity contribution in [1.82, 2.24) is 4.98 Å². The van der Waals surface area contributed by atoms with Crippen molar-refractivity contribution in [1.29, 1.82) is 0 Å². The summed E-state index contributed by atoms with van der Waals surface area (Å²) < 4.78 is 43.8. The SMILES string of the molecule is CNc1cc(C(F)(F)F)cc(Sc2ccccc2OC)n1. The van der Waals surface area contributed by atoms with Crippen LogP contribution in [0.2, 0.25) is 0 Å². The maximum atomic E-state index is 12.9. The number of alkyl halides is 3. The van der Waals surface area contributed by atoms with E-state index in [1.165, 1.54) is 14.2 Å². The number of hydrogen-bond acceptors (Lipinski definition) is 4. The van der Waals surface area contributed by atoms with Gasteiger partial charge in [0.2, 0.25) is 0 Å². The third-order valence-electron chi connectivity index (χ3n) is 2.67. The number of nitrogens with zero attached hydrogens (tertiary/aromatic N) is 1. The molecule has 112 valence electrons. The van der Waals surface area contributed by atoms with E-state index in [9.17, 15) is 13.2 Å². The molecule has 0 saturated carbocycles. The predicted octanol–water partition coefficient (Wildman–Crippen LogP) is 4.30. The molecule has 0 amide bonds. The average molecular weight is 314 g/mol. The highest BCUT2D eigenvalue weighted by molar-refractivity contribution is 7.99. The summed E-state index contributed by atoms with van der Waals surface area (Å²) >= 11 is 1.12. The molecule has 0 unspecified atom stereocenters. The fourth-order valence-electron chi connectivity index (χ4n) is 1.67. The Morgan fingerprint density at radius 2 is 1.90 bits per heavy atom. The Labute approximate surface area is 124 Å². The third kappa shape index (κ3) is 3.81. The molecule has 0 spiro atoms. The van der Waals surface area contributed by atoms with Gasteiger partial charge in [0.25, 0.3) is 0 Å². The maximum Gasteiger partial charge on any atom is 0.416 e. The summed E-state index contributed by atoms with van der Waals surface area (Å²) in [6.45, 7) is 0. The quantitative estimate of drug-likeness (QED) is 0.912. The minimum Gasteiger partial charge on any atom is -0.496 e. The Balaban J connectivity index is 2.39. The van der Waals surface area contributed by atoms with Crippen LogP contribution in [0.25, 0.3) is 0 Å². The van der Waals surface area contributed by atoms with Crippen molar-refractivity contribution < 1.29 is 17.9 Å². The van der Waals surface area contributed by atoms with E-state index < -0.39 is 11.7 Å².